The van der Waals surface area contributed by atoms with E-state index in [1.54, 1.807) is 6.08 Å². The summed E-state index contributed by atoms with van der Waals surface area (Å²) in [6.07, 6.45) is 6.87. The van der Waals surface area contributed by atoms with Crippen LogP contribution in [0.1, 0.15) is 53.9 Å². The molecule has 0 aliphatic heterocycles. The van der Waals surface area contributed by atoms with Crippen LogP contribution in [0.5, 0.6) is 0 Å². The second-order valence-electron chi connectivity index (χ2n) is 5.48. The topological polar surface area (TPSA) is 17.1 Å². The van der Waals surface area contributed by atoms with Gasteiger partial charge in [0.05, 0.1) is 0 Å². The molecule has 90 valence electrons. The van der Waals surface area contributed by atoms with E-state index < -0.39 is 0 Å². The van der Waals surface area contributed by atoms with Gasteiger partial charge in [0.15, 0.2) is 5.78 Å². The zero-order valence-corrected chi connectivity index (χ0v) is 11.3. The number of carbonyl (C=O) groups is 1. The summed E-state index contributed by atoms with van der Waals surface area (Å²) in [5, 5.41) is 0. The molecule has 0 aromatic rings. The van der Waals surface area contributed by atoms with Crippen LogP contribution < -0.4 is 0 Å². The van der Waals surface area contributed by atoms with Crippen LogP contribution in [-0.2, 0) is 4.79 Å². The van der Waals surface area contributed by atoms with E-state index >= 15 is 0 Å². The highest BCUT2D eigenvalue weighted by molar-refractivity contribution is 5.94. The maximum Gasteiger partial charge on any atom is 0.163 e. The molecule has 0 amide bonds. The van der Waals surface area contributed by atoms with Crippen molar-refractivity contribution >= 4 is 5.78 Å². The summed E-state index contributed by atoms with van der Waals surface area (Å²) in [5.41, 5.74) is 2.92. The normalized spacial score (nSPS) is 25.2. The van der Waals surface area contributed by atoms with Crippen molar-refractivity contribution in [2.45, 2.75) is 53.9 Å². The number of allylic oxidation sites excluding steroid dienone is 4. The molecular formula is C15H24O. The third-order valence-electron chi connectivity index (χ3n) is 3.82. The second kappa shape index (κ2) is 4.99. The van der Waals surface area contributed by atoms with Crippen molar-refractivity contribution in [3.63, 3.8) is 0 Å². The van der Waals surface area contributed by atoms with Crippen molar-refractivity contribution in [2.24, 2.45) is 11.3 Å². The van der Waals surface area contributed by atoms with Gasteiger partial charge in [-0.05, 0) is 44.6 Å². The monoisotopic (exact) mass is 220 g/mol. The lowest BCUT2D eigenvalue weighted by atomic mass is 9.64. The Morgan fingerprint density at radius 3 is 2.62 bits per heavy atom. The van der Waals surface area contributed by atoms with Crippen LogP contribution in [0.2, 0.25) is 0 Å². The van der Waals surface area contributed by atoms with Gasteiger partial charge < -0.3 is 0 Å². The van der Waals surface area contributed by atoms with Gasteiger partial charge in [-0.3, -0.25) is 4.79 Å². The van der Waals surface area contributed by atoms with Gasteiger partial charge in [0.2, 0.25) is 0 Å². The average Bonchev–Trinajstić information content (AvgIpc) is 2.21. The van der Waals surface area contributed by atoms with E-state index in [-0.39, 0.29) is 17.1 Å². The van der Waals surface area contributed by atoms with Crippen LogP contribution in [0.4, 0.5) is 0 Å². The van der Waals surface area contributed by atoms with Crippen LogP contribution in [0.15, 0.2) is 23.3 Å². The van der Waals surface area contributed by atoms with Gasteiger partial charge >= 0.3 is 0 Å². The first-order valence-electron chi connectivity index (χ1n) is 6.29. The van der Waals surface area contributed by atoms with Crippen LogP contribution in [0.25, 0.3) is 0 Å². The van der Waals surface area contributed by atoms with Gasteiger partial charge in [-0.1, -0.05) is 38.0 Å². The van der Waals surface area contributed by atoms with Crippen LogP contribution in [0.3, 0.4) is 0 Å². The first-order chi connectivity index (χ1) is 7.44. The molecule has 0 spiro atoms. The van der Waals surface area contributed by atoms with Crippen LogP contribution >= 0.6 is 0 Å². The van der Waals surface area contributed by atoms with E-state index in [0.717, 1.165) is 19.3 Å². The van der Waals surface area contributed by atoms with E-state index in [1.165, 1.54) is 11.1 Å². The Hall–Kier alpha value is -0.850. The van der Waals surface area contributed by atoms with Gasteiger partial charge in [-0.15, -0.1) is 0 Å². The first kappa shape index (κ1) is 13.2. The summed E-state index contributed by atoms with van der Waals surface area (Å²) in [6, 6.07) is 0. The molecule has 1 aliphatic rings. The quantitative estimate of drug-likeness (QED) is 0.512. The average molecular weight is 220 g/mol. The maximum atomic E-state index is 12.2. The zero-order chi connectivity index (χ0) is 12.3. The smallest absolute Gasteiger partial charge is 0.163 e. The Balaban J connectivity index is 3.15. The molecule has 0 bridgehead atoms. The lowest BCUT2D eigenvalue weighted by Crippen LogP contribution is -2.35. The Morgan fingerprint density at radius 2 is 2.12 bits per heavy atom. The molecule has 1 unspecified atom stereocenters. The predicted molar refractivity (Wildman–Crippen MR) is 69.3 cm³/mol. The highest BCUT2D eigenvalue weighted by atomic mass is 16.1. The van der Waals surface area contributed by atoms with E-state index in [1.807, 2.05) is 13.0 Å². The lowest BCUT2D eigenvalue weighted by molar-refractivity contribution is -0.120. The minimum Gasteiger partial charge on any atom is -0.294 e. The molecule has 1 atom stereocenters. The van der Waals surface area contributed by atoms with E-state index in [4.69, 9.17) is 0 Å². The minimum atomic E-state index is 0.0995. The highest BCUT2D eigenvalue weighted by Crippen LogP contribution is 2.45. The van der Waals surface area contributed by atoms with Crippen molar-refractivity contribution < 1.29 is 4.79 Å². The molecular weight excluding hydrogens is 196 g/mol. The third kappa shape index (κ3) is 2.45. The van der Waals surface area contributed by atoms with Crippen molar-refractivity contribution in [3.05, 3.63) is 23.3 Å². The van der Waals surface area contributed by atoms with Crippen molar-refractivity contribution in [2.75, 3.05) is 0 Å². The summed E-state index contributed by atoms with van der Waals surface area (Å²) in [4.78, 5) is 12.2. The fourth-order valence-electron chi connectivity index (χ4n) is 2.86. The molecule has 0 aromatic heterocycles. The SMILES string of the molecule is CC=CC(=O)C1C(CC)=C(C)CCC1(C)C. The molecule has 1 rings (SSSR count). The summed E-state index contributed by atoms with van der Waals surface area (Å²) in [5.74, 6) is 0.380. The first-order valence-corrected chi connectivity index (χ1v) is 6.29. The number of hydrogen-bond acceptors (Lipinski definition) is 1. The fourth-order valence-corrected chi connectivity index (χ4v) is 2.86. The minimum absolute atomic E-state index is 0.0995. The Labute approximate surface area is 99.6 Å². The molecule has 0 aromatic carbocycles. The third-order valence-corrected chi connectivity index (χ3v) is 3.82. The van der Waals surface area contributed by atoms with Gasteiger partial charge in [0, 0.05) is 5.92 Å². The number of hydrogen-bond donors (Lipinski definition) is 0. The van der Waals surface area contributed by atoms with Gasteiger partial charge in [0.1, 0.15) is 0 Å². The summed E-state index contributed by atoms with van der Waals surface area (Å²) >= 11 is 0. The van der Waals surface area contributed by atoms with Crippen molar-refractivity contribution in [1.82, 2.24) is 0 Å². The molecule has 1 aliphatic carbocycles. The summed E-state index contributed by atoms with van der Waals surface area (Å²) in [6.45, 7) is 10.7. The molecule has 0 fully saturated rings. The summed E-state index contributed by atoms with van der Waals surface area (Å²) < 4.78 is 0. The molecule has 1 heteroatoms. The van der Waals surface area contributed by atoms with Gasteiger partial charge in [0.25, 0.3) is 0 Å². The second-order valence-corrected chi connectivity index (χ2v) is 5.48. The number of ketones is 1. The molecule has 16 heavy (non-hydrogen) atoms. The lowest BCUT2D eigenvalue weighted by Gasteiger charge is -2.39. The maximum absolute atomic E-state index is 12.2. The molecule has 0 saturated heterocycles. The van der Waals surface area contributed by atoms with Gasteiger partial charge in [-0.25, -0.2) is 0 Å². The molecule has 1 nitrogen and oxygen atoms in total. The van der Waals surface area contributed by atoms with Gasteiger partial charge in [-0.2, -0.15) is 0 Å². The van der Waals surface area contributed by atoms with Crippen LogP contribution in [0, 0.1) is 11.3 Å². The molecule has 0 N–H and O–H groups in total. The fraction of sp³-hybridized carbons (Fsp3) is 0.667. The molecule has 0 saturated carbocycles. The van der Waals surface area contributed by atoms with E-state index in [9.17, 15) is 4.79 Å². The Bertz CT molecular complexity index is 331. The zero-order valence-electron chi connectivity index (χ0n) is 11.3. The standard InChI is InChI=1S/C15H24O/c1-6-8-13(16)14-12(7-2)11(3)9-10-15(14,4)5/h6,8,14H,7,9-10H2,1-5H3. The predicted octanol–water partition coefficient (Wildman–Crippen LogP) is 4.29. The molecule has 0 radical (unpaired) electrons. The largest absolute Gasteiger partial charge is 0.294 e. The van der Waals surface area contributed by atoms with Crippen molar-refractivity contribution in [3.8, 4) is 0 Å². The summed E-state index contributed by atoms with van der Waals surface area (Å²) in [7, 11) is 0. The molecule has 0 heterocycles. The van der Waals surface area contributed by atoms with Crippen LogP contribution in [-0.4, -0.2) is 5.78 Å². The Morgan fingerprint density at radius 1 is 1.50 bits per heavy atom. The van der Waals surface area contributed by atoms with Crippen molar-refractivity contribution in [1.29, 1.82) is 0 Å². The van der Waals surface area contributed by atoms with E-state index in [0.29, 0.717) is 0 Å². The number of rotatable bonds is 3. The Kier molecular flexibility index (Phi) is 4.12. The van der Waals surface area contributed by atoms with E-state index in [2.05, 4.69) is 27.7 Å². The number of carbonyl (C=O) groups excluding carboxylic acids is 1. The highest BCUT2D eigenvalue weighted by Gasteiger charge is 2.39.